The Hall–Kier alpha value is -2.50. The zero-order chi connectivity index (χ0) is 14.7. The van der Waals surface area contributed by atoms with Gasteiger partial charge < -0.3 is 5.11 Å². The first kappa shape index (κ1) is 13.9. The number of carbonyl (C=O) groups is 1. The number of halogens is 1. The normalized spacial score (nSPS) is 11.2. The molecule has 0 aliphatic heterocycles. The molecule has 0 aliphatic rings. The van der Waals surface area contributed by atoms with Crippen LogP contribution < -0.4 is 0 Å². The van der Waals surface area contributed by atoms with E-state index in [0.29, 0.717) is 17.9 Å². The summed E-state index contributed by atoms with van der Waals surface area (Å²) >= 11 is 0. The molecule has 0 bridgehead atoms. The van der Waals surface area contributed by atoms with Crippen molar-refractivity contribution < 1.29 is 14.3 Å². The molecule has 2 rings (SSSR count). The number of benzene rings is 1. The molecule has 1 N–H and O–H groups in total. The smallest absolute Gasteiger partial charge is 0.328 e. The molecule has 6 heteroatoms. The first-order valence-corrected chi connectivity index (χ1v) is 6.03. The van der Waals surface area contributed by atoms with Crippen molar-refractivity contribution in [3.05, 3.63) is 52.9 Å². The fourth-order valence-corrected chi connectivity index (χ4v) is 1.90. The van der Waals surface area contributed by atoms with Crippen LogP contribution in [0.5, 0.6) is 0 Å². The van der Waals surface area contributed by atoms with Crippen LogP contribution in [0.2, 0.25) is 0 Å². The van der Waals surface area contributed by atoms with Crippen LogP contribution >= 0.6 is 0 Å². The monoisotopic (exact) mass is 275 g/mol. The van der Waals surface area contributed by atoms with Crippen LogP contribution in [0.25, 0.3) is 6.08 Å². The zero-order valence-electron chi connectivity index (χ0n) is 11.2. The van der Waals surface area contributed by atoms with Gasteiger partial charge in [-0.05, 0) is 43.2 Å². The van der Waals surface area contributed by atoms with Gasteiger partial charge in [-0.15, -0.1) is 0 Å². The Balaban J connectivity index is 2.36. The van der Waals surface area contributed by atoms with Gasteiger partial charge in [-0.1, -0.05) is 6.07 Å². The lowest BCUT2D eigenvalue weighted by molar-refractivity contribution is -0.131. The maximum Gasteiger partial charge on any atom is 0.328 e. The van der Waals surface area contributed by atoms with Crippen LogP contribution in [0.4, 0.5) is 4.39 Å². The number of aryl methyl sites for hydroxylation is 2. The third-order valence-corrected chi connectivity index (χ3v) is 2.80. The number of hydrogen-bond acceptors (Lipinski definition) is 3. The van der Waals surface area contributed by atoms with E-state index in [4.69, 9.17) is 5.11 Å². The molecule has 0 atom stereocenters. The molecular formula is C14H14FN3O2. The van der Waals surface area contributed by atoms with Gasteiger partial charge in [-0.2, -0.15) is 5.10 Å². The molecule has 0 fully saturated rings. The third kappa shape index (κ3) is 3.28. The van der Waals surface area contributed by atoms with E-state index in [1.165, 1.54) is 18.2 Å². The van der Waals surface area contributed by atoms with Gasteiger partial charge in [0.25, 0.3) is 0 Å². The summed E-state index contributed by atoms with van der Waals surface area (Å²) in [4.78, 5) is 14.8. The van der Waals surface area contributed by atoms with E-state index in [0.717, 1.165) is 17.5 Å². The lowest BCUT2D eigenvalue weighted by Gasteiger charge is -2.07. The first-order chi connectivity index (χ1) is 9.45. The highest BCUT2D eigenvalue weighted by Gasteiger charge is 2.07. The summed E-state index contributed by atoms with van der Waals surface area (Å²) < 4.78 is 15.0. The summed E-state index contributed by atoms with van der Waals surface area (Å²) in [5.41, 5.74) is 1.29. The van der Waals surface area contributed by atoms with Crippen molar-refractivity contribution in [1.29, 1.82) is 0 Å². The van der Waals surface area contributed by atoms with E-state index in [2.05, 4.69) is 10.1 Å². The number of aliphatic carboxylic acids is 1. The lowest BCUT2D eigenvalue weighted by Crippen LogP contribution is -2.06. The lowest BCUT2D eigenvalue weighted by atomic mass is 10.1. The molecule has 0 radical (unpaired) electrons. The highest BCUT2D eigenvalue weighted by atomic mass is 19.1. The Morgan fingerprint density at radius 3 is 2.80 bits per heavy atom. The predicted octanol–water partition coefficient (Wildman–Crippen LogP) is 2.18. The van der Waals surface area contributed by atoms with Gasteiger partial charge in [0.1, 0.15) is 17.5 Å². The molecule has 1 aromatic heterocycles. The molecule has 5 nitrogen and oxygen atoms in total. The van der Waals surface area contributed by atoms with Crippen molar-refractivity contribution in [3.63, 3.8) is 0 Å². The summed E-state index contributed by atoms with van der Waals surface area (Å²) in [5.74, 6) is -0.0782. The van der Waals surface area contributed by atoms with Crippen molar-refractivity contribution in [2.24, 2.45) is 0 Å². The standard InChI is InChI=1S/C14H14FN3O2/c1-9-16-10(2)18(17-9)8-12-3-5-13(15)7-11(12)4-6-14(19)20/h3-7H,8H2,1-2H3,(H,19,20). The topological polar surface area (TPSA) is 68.0 Å². The Morgan fingerprint density at radius 1 is 1.45 bits per heavy atom. The van der Waals surface area contributed by atoms with E-state index >= 15 is 0 Å². The third-order valence-electron chi connectivity index (χ3n) is 2.80. The molecule has 0 amide bonds. The SMILES string of the molecule is Cc1nc(C)n(Cc2ccc(F)cc2C=CC(=O)O)n1. The van der Waals surface area contributed by atoms with Crippen LogP contribution in [-0.2, 0) is 11.3 Å². The molecule has 1 aromatic carbocycles. The largest absolute Gasteiger partial charge is 0.478 e. The summed E-state index contributed by atoms with van der Waals surface area (Å²) in [5, 5.41) is 12.9. The van der Waals surface area contributed by atoms with Gasteiger partial charge in [-0.3, -0.25) is 0 Å². The van der Waals surface area contributed by atoms with Crippen molar-refractivity contribution in [1.82, 2.24) is 14.8 Å². The van der Waals surface area contributed by atoms with E-state index in [-0.39, 0.29) is 0 Å². The minimum atomic E-state index is -1.08. The second-order valence-corrected chi connectivity index (χ2v) is 4.38. The second kappa shape index (κ2) is 5.64. The van der Waals surface area contributed by atoms with E-state index < -0.39 is 11.8 Å². The summed E-state index contributed by atoms with van der Waals surface area (Å²) in [6.45, 7) is 4.03. The van der Waals surface area contributed by atoms with E-state index in [1.807, 2.05) is 6.92 Å². The molecular weight excluding hydrogens is 261 g/mol. The molecule has 2 aromatic rings. The van der Waals surface area contributed by atoms with Crippen molar-refractivity contribution in [3.8, 4) is 0 Å². The Morgan fingerprint density at radius 2 is 2.20 bits per heavy atom. The van der Waals surface area contributed by atoms with Crippen LogP contribution in [0.15, 0.2) is 24.3 Å². The second-order valence-electron chi connectivity index (χ2n) is 4.38. The minimum absolute atomic E-state index is 0.409. The van der Waals surface area contributed by atoms with E-state index in [9.17, 15) is 9.18 Å². The van der Waals surface area contributed by atoms with Gasteiger partial charge in [0.05, 0.1) is 6.54 Å². The number of hydrogen-bond donors (Lipinski definition) is 1. The summed E-state index contributed by atoms with van der Waals surface area (Å²) in [6.07, 6.45) is 2.36. The highest BCUT2D eigenvalue weighted by Crippen LogP contribution is 2.15. The molecule has 0 saturated carbocycles. The van der Waals surface area contributed by atoms with Crippen molar-refractivity contribution >= 4 is 12.0 Å². The average molecular weight is 275 g/mol. The fourth-order valence-electron chi connectivity index (χ4n) is 1.90. The first-order valence-electron chi connectivity index (χ1n) is 6.03. The van der Waals surface area contributed by atoms with Crippen LogP contribution in [0, 0.1) is 19.7 Å². The van der Waals surface area contributed by atoms with Crippen LogP contribution in [0.1, 0.15) is 22.8 Å². The Kier molecular flexibility index (Phi) is 3.93. The van der Waals surface area contributed by atoms with Crippen molar-refractivity contribution in [2.75, 3.05) is 0 Å². The van der Waals surface area contributed by atoms with Crippen LogP contribution in [-0.4, -0.2) is 25.8 Å². The van der Waals surface area contributed by atoms with Gasteiger partial charge in [0, 0.05) is 6.08 Å². The molecule has 0 spiro atoms. The maximum absolute atomic E-state index is 13.3. The van der Waals surface area contributed by atoms with Gasteiger partial charge in [0.2, 0.25) is 0 Å². The summed E-state index contributed by atoms with van der Waals surface area (Å²) in [7, 11) is 0. The average Bonchev–Trinajstić information content (AvgIpc) is 2.68. The van der Waals surface area contributed by atoms with Crippen molar-refractivity contribution in [2.45, 2.75) is 20.4 Å². The number of carboxylic acid groups (broad SMARTS) is 1. The number of nitrogens with zero attached hydrogens (tertiary/aromatic N) is 3. The minimum Gasteiger partial charge on any atom is -0.478 e. The number of aromatic nitrogens is 3. The fraction of sp³-hybridized carbons (Fsp3) is 0.214. The van der Waals surface area contributed by atoms with E-state index in [1.54, 1.807) is 17.7 Å². The highest BCUT2D eigenvalue weighted by molar-refractivity contribution is 5.85. The molecule has 104 valence electrons. The Bertz CT molecular complexity index is 677. The van der Waals surface area contributed by atoms with Gasteiger partial charge >= 0.3 is 5.97 Å². The molecule has 0 unspecified atom stereocenters. The maximum atomic E-state index is 13.3. The molecule has 20 heavy (non-hydrogen) atoms. The van der Waals surface area contributed by atoms with Gasteiger partial charge in [0.15, 0.2) is 0 Å². The predicted molar refractivity (Wildman–Crippen MR) is 71.7 cm³/mol. The molecule has 1 heterocycles. The number of rotatable bonds is 4. The van der Waals surface area contributed by atoms with Crippen LogP contribution in [0.3, 0.4) is 0 Å². The Labute approximate surface area is 115 Å². The molecule has 0 saturated heterocycles. The summed E-state index contributed by atoms with van der Waals surface area (Å²) in [6, 6.07) is 4.26. The molecule has 0 aliphatic carbocycles. The zero-order valence-corrected chi connectivity index (χ0v) is 11.2. The number of carboxylic acids is 1. The quantitative estimate of drug-likeness (QED) is 0.868. The van der Waals surface area contributed by atoms with Gasteiger partial charge in [-0.25, -0.2) is 18.9 Å².